The second-order valence-electron chi connectivity index (χ2n) is 2.69. The highest BCUT2D eigenvalue weighted by Crippen LogP contribution is 2.05. The number of hydrogen-bond acceptors (Lipinski definition) is 6. The van der Waals surface area contributed by atoms with Crippen molar-refractivity contribution in [1.29, 1.82) is 0 Å². The maximum atomic E-state index is 11.1. The van der Waals surface area contributed by atoms with Gasteiger partial charge < -0.3 is 20.8 Å². The summed E-state index contributed by atoms with van der Waals surface area (Å²) in [5.74, 6) is 0.175. The monoisotopic (exact) mass is 199 g/mol. The first-order valence-corrected chi connectivity index (χ1v) is 4.18. The van der Waals surface area contributed by atoms with E-state index in [-0.39, 0.29) is 18.5 Å². The molecule has 0 saturated heterocycles. The molecule has 1 atom stereocenters. The second-order valence-corrected chi connectivity index (χ2v) is 2.69. The van der Waals surface area contributed by atoms with Crippen molar-refractivity contribution in [3.63, 3.8) is 0 Å². The summed E-state index contributed by atoms with van der Waals surface area (Å²) in [6.45, 7) is 1.87. The van der Waals surface area contributed by atoms with Crippen molar-refractivity contribution in [2.24, 2.45) is 5.73 Å². The standard InChI is InChI=1S/C7H13N5O2/c1-4(6(13)9-2)10-7-12-11-5(3-8)14-7/h4H,3,8H2,1-2H3,(H,9,13)(H,10,12). The van der Waals surface area contributed by atoms with Gasteiger partial charge in [0, 0.05) is 7.05 Å². The first-order chi connectivity index (χ1) is 6.67. The van der Waals surface area contributed by atoms with Crippen molar-refractivity contribution in [3.8, 4) is 0 Å². The number of rotatable bonds is 4. The van der Waals surface area contributed by atoms with Gasteiger partial charge in [-0.25, -0.2) is 0 Å². The third kappa shape index (κ3) is 2.43. The van der Waals surface area contributed by atoms with E-state index in [1.165, 1.54) is 0 Å². The lowest BCUT2D eigenvalue weighted by Crippen LogP contribution is -2.35. The molecule has 0 aliphatic carbocycles. The molecule has 1 aromatic heterocycles. The number of likely N-dealkylation sites (N-methyl/N-ethyl adjacent to an activating group) is 1. The highest BCUT2D eigenvalue weighted by atomic mass is 16.4. The molecule has 7 nitrogen and oxygen atoms in total. The fraction of sp³-hybridized carbons (Fsp3) is 0.571. The van der Waals surface area contributed by atoms with E-state index in [1.54, 1.807) is 14.0 Å². The Morgan fingerprint density at radius 2 is 2.36 bits per heavy atom. The van der Waals surface area contributed by atoms with Crippen molar-refractivity contribution < 1.29 is 9.21 Å². The van der Waals surface area contributed by atoms with Crippen molar-refractivity contribution in [2.45, 2.75) is 19.5 Å². The molecule has 4 N–H and O–H groups in total. The third-order valence-electron chi connectivity index (χ3n) is 1.62. The zero-order chi connectivity index (χ0) is 10.6. The lowest BCUT2D eigenvalue weighted by Gasteiger charge is -2.08. The molecule has 0 saturated carbocycles. The Kier molecular flexibility index (Phi) is 3.41. The van der Waals surface area contributed by atoms with E-state index >= 15 is 0 Å². The molecule has 0 aromatic carbocycles. The van der Waals surface area contributed by atoms with Crippen molar-refractivity contribution in [1.82, 2.24) is 15.5 Å². The minimum atomic E-state index is -0.425. The molecule has 1 aromatic rings. The number of anilines is 1. The summed E-state index contributed by atoms with van der Waals surface area (Å²) in [5, 5.41) is 12.5. The van der Waals surface area contributed by atoms with E-state index in [2.05, 4.69) is 20.8 Å². The smallest absolute Gasteiger partial charge is 0.316 e. The Hall–Kier alpha value is -1.63. The van der Waals surface area contributed by atoms with Crippen LogP contribution in [0.5, 0.6) is 0 Å². The van der Waals surface area contributed by atoms with Gasteiger partial charge in [-0.3, -0.25) is 4.79 Å². The summed E-state index contributed by atoms with van der Waals surface area (Å²) in [6, 6.07) is -0.229. The van der Waals surface area contributed by atoms with Crippen molar-refractivity contribution in [3.05, 3.63) is 5.89 Å². The maximum Gasteiger partial charge on any atom is 0.316 e. The predicted molar refractivity (Wildman–Crippen MR) is 49.3 cm³/mol. The highest BCUT2D eigenvalue weighted by molar-refractivity contribution is 5.83. The number of aromatic nitrogens is 2. The van der Waals surface area contributed by atoms with Gasteiger partial charge in [0.1, 0.15) is 6.04 Å². The summed E-state index contributed by atoms with van der Waals surface area (Å²) in [6.07, 6.45) is 0. The molecule has 1 rings (SSSR count). The average molecular weight is 199 g/mol. The van der Waals surface area contributed by atoms with Gasteiger partial charge in [-0.15, -0.1) is 5.10 Å². The molecule has 0 fully saturated rings. The molecule has 0 aliphatic rings. The first-order valence-electron chi connectivity index (χ1n) is 4.18. The largest absolute Gasteiger partial charge is 0.407 e. The Labute approximate surface area is 81.1 Å². The van der Waals surface area contributed by atoms with Crippen LogP contribution in [0.15, 0.2) is 4.42 Å². The van der Waals surface area contributed by atoms with E-state index in [1.807, 2.05) is 0 Å². The zero-order valence-electron chi connectivity index (χ0n) is 8.07. The first kappa shape index (κ1) is 10.5. The predicted octanol–water partition coefficient (Wildman–Crippen LogP) is -0.925. The van der Waals surface area contributed by atoms with Crippen LogP contribution in [0.4, 0.5) is 6.01 Å². The average Bonchev–Trinajstić information content (AvgIpc) is 2.64. The summed E-state index contributed by atoms with van der Waals surface area (Å²) < 4.78 is 5.06. The second kappa shape index (κ2) is 4.56. The number of nitrogens with two attached hydrogens (primary N) is 1. The molecule has 1 heterocycles. The van der Waals surface area contributed by atoms with Crippen LogP contribution in [-0.4, -0.2) is 29.2 Å². The Morgan fingerprint density at radius 1 is 1.64 bits per heavy atom. The molecular formula is C7H13N5O2. The van der Waals surface area contributed by atoms with E-state index < -0.39 is 6.04 Å². The number of nitrogens with zero attached hydrogens (tertiary/aromatic N) is 2. The van der Waals surface area contributed by atoms with Gasteiger partial charge in [-0.05, 0) is 6.92 Å². The van der Waals surface area contributed by atoms with E-state index in [0.29, 0.717) is 5.89 Å². The van der Waals surface area contributed by atoms with E-state index in [4.69, 9.17) is 10.2 Å². The van der Waals surface area contributed by atoms with Gasteiger partial charge in [-0.1, -0.05) is 5.10 Å². The minimum Gasteiger partial charge on any atom is -0.407 e. The molecule has 0 aliphatic heterocycles. The normalized spacial score (nSPS) is 12.2. The summed E-state index contributed by atoms with van der Waals surface area (Å²) >= 11 is 0. The number of hydrogen-bond donors (Lipinski definition) is 3. The van der Waals surface area contributed by atoms with Crippen LogP contribution in [0.3, 0.4) is 0 Å². The van der Waals surface area contributed by atoms with Crippen LogP contribution in [0, 0.1) is 0 Å². The molecule has 14 heavy (non-hydrogen) atoms. The van der Waals surface area contributed by atoms with Crippen LogP contribution in [0.1, 0.15) is 12.8 Å². The Morgan fingerprint density at radius 3 is 2.86 bits per heavy atom. The van der Waals surface area contributed by atoms with Crippen LogP contribution < -0.4 is 16.4 Å². The quantitative estimate of drug-likeness (QED) is 0.578. The van der Waals surface area contributed by atoms with Crippen LogP contribution in [0.25, 0.3) is 0 Å². The summed E-state index contributed by atoms with van der Waals surface area (Å²) in [7, 11) is 1.56. The zero-order valence-corrected chi connectivity index (χ0v) is 8.07. The van der Waals surface area contributed by atoms with Crippen LogP contribution >= 0.6 is 0 Å². The number of carbonyl (C=O) groups is 1. The lowest BCUT2D eigenvalue weighted by atomic mass is 10.3. The molecular weight excluding hydrogens is 186 g/mol. The molecule has 0 spiro atoms. The number of nitrogens with one attached hydrogen (secondary N) is 2. The van der Waals surface area contributed by atoms with Gasteiger partial charge in [0.05, 0.1) is 6.54 Å². The number of carbonyl (C=O) groups excluding carboxylic acids is 1. The molecule has 1 amide bonds. The highest BCUT2D eigenvalue weighted by Gasteiger charge is 2.13. The lowest BCUT2D eigenvalue weighted by molar-refractivity contribution is -0.121. The Balaban J connectivity index is 2.55. The van der Waals surface area contributed by atoms with Crippen molar-refractivity contribution >= 4 is 11.9 Å². The van der Waals surface area contributed by atoms with E-state index in [0.717, 1.165) is 0 Å². The molecule has 0 bridgehead atoms. The van der Waals surface area contributed by atoms with E-state index in [9.17, 15) is 4.79 Å². The van der Waals surface area contributed by atoms with Crippen molar-refractivity contribution in [2.75, 3.05) is 12.4 Å². The molecule has 1 unspecified atom stereocenters. The molecule has 0 radical (unpaired) electrons. The minimum absolute atomic E-state index is 0.155. The molecule has 78 valence electrons. The fourth-order valence-corrected chi connectivity index (χ4v) is 0.862. The third-order valence-corrected chi connectivity index (χ3v) is 1.62. The van der Waals surface area contributed by atoms with Gasteiger partial charge in [-0.2, -0.15) is 0 Å². The van der Waals surface area contributed by atoms with Gasteiger partial charge >= 0.3 is 6.01 Å². The van der Waals surface area contributed by atoms with Gasteiger partial charge in [0.15, 0.2) is 0 Å². The Bertz CT molecular complexity index is 311. The summed E-state index contributed by atoms with van der Waals surface area (Å²) in [5.41, 5.74) is 5.28. The van der Waals surface area contributed by atoms with Crippen LogP contribution in [-0.2, 0) is 11.3 Å². The maximum absolute atomic E-state index is 11.1. The fourth-order valence-electron chi connectivity index (χ4n) is 0.862. The SMILES string of the molecule is CNC(=O)C(C)Nc1nnc(CN)o1. The topological polar surface area (TPSA) is 106 Å². The van der Waals surface area contributed by atoms with Gasteiger partial charge in [0.2, 0.25) is 11.8 Å². The number of amides is 1. The summed E-state index contributed by atoms with van der Waals surface area (Å²) in [4.78, 5) is 11.1. The van der Waals surface area contributed by atoms with Crippen LogP contribution in [0.2, 0.25) is 0 Å². The van der Waals surface area contributed by atoms with Gasteiger partial charge in [0.25, 0.3) is 0 Å². The molecule has 7 heteroatoms.